The van der Waals surface area contributed by atoms with E-state index >= 15 is 0 Å². The van der Waals surface area contributed by atoms with E-state index in [0.717, 1.165) is 10.9 Å². The normalized spacial score (nSPS) is 12.1. The van der Waals surface area contributed by atoms with Crippen LogP contribution in [0, 0.1) is 0 Å². The third-order valence-electron chi connectivity index (χ3n) is 2.05. The van der Waals surface area contributed by atoms with Crippen LogP contribution in [-0.4, -0.2) is 13.4 Å². The maximum atomic E-state index is 10.9. The number of fused-ring (bicyclic) bond motifs is 1. The van der Waals surface area contributed by atoms with Gasteiger partial charge in [0.15, 0.2) is 0 Å². The zero-order valence-corrected chi connectivity index (χ0v) is 9.83. The Hall–Kier alpha value is -0.710. The van der Waals surface area contributed by atoms with Crippen LogP contribution in [0.15, 0.2) is 24.4 Å². The summed E-state index contributed by atoms with van der Waals surface area (Å²) in [5.74, 6) is -0.262. The maximum Gasteiger partial charge on any atom is 0.236 e. The second-order valence-electron chi connectivity index (χ2n) is 3.19. The van der Waals surface area contributed by atoms with Gasteiger partial charge in [-0.05, 0) is 23.8 Å². The van der Waals surface area contributed by atoms with Gasteiger partial charge in [0.05, 0.1) is 5.75 Å². The van der Waals surface area contributed by atoms with Crippen molar-refractivity contribution < 1.29 is 8.42 Å². The monoisotopic (exact) mass is 263 g/mol. The van der Waals surface area contributed by atoms with Crippen molar-refractivity contribution in [3.63, 3.8) is 0 Å². The first-order valence-electron chi connectivity index (χ1n) is 4.13. The van der Waals surface area contributed by atoms with Gasteiger partial charge in [0.25, 0.3) is 0 Å². The minimum Gasteiger partial charge on any atom is -0.361 e. The van der Waals surface area contributed by atoms with Gasteiger partial charge in [0, 0.05) is 32.8 Å². The lowest BCUT2D eigenvalue weighted by Crippen LogP contribution is -1.95. The van der Waals surface area contributed by atoms with Gasteiger partial charge in [0.1, 0.15) is 0 Å². The summed E-state index contributed by atoms with van der Waals surface area (Å²) in [5, 5.41) is 1.35. The summed E-state index contributed by atoms with van der Waals surface area (Å²) >= 11 is 5.93. The predicted molar refractivity (Wildman–Crippen MR) is 61.8 cm³/mol. The topological polar surface area (TPSA) is 49.9 Å². The van der Waals surface area contributed by atoms with Gasteiger partial charge in [-0.3, -0.25) is 0 Å². The van der Waals surface area contributed by atoms with Gasteiger partial charge in [-0.1, -0.05) is 11.6 Å². The molecule has 0 radical (unpaired) electrons. The average Bonchev–Trinajstić information content (AvgIpc) is 2.49. The Morgan fingerprint density at radius 2 is 2.07 bits per heavy atom. The van der Waals surface area contributed by atoms with E-state index in [0.29, 0.717) is 10.6 Å². The van der Waals surface area contributed by atoms with E-state index in [1.54, 1.807) is 18.3 Å². The lowest BCUT2D eigenvalue weighted by Gasteiger charge is -2.02. The molecule has 0 aliphatic heterocycles. The molecule has 0 atom stereocenters. The molecule has 0 fully saturated rings. The molecule has 1 aromatic heterocycles. The van der Waals surface area contributed by atoms with Crippen molar-refractivity contribution in [2.24, 2.45) is 0 Å². The number of H-pyrrole nitrogens is 1. The molecule has 0 spiro atoms. The lowest BCUT2D eigenvalue weighted by atomic mass is 10.2. The van der Waals surface area contributed by atoms with Gasteiger partial charge in [-0.25, -0.2) is 8.42 Å². The fourth-order valence-electron chi connectivity index (χ4n) is 1.41. The second kappa shape index (κ2) is 3.70. The molecule has 2 aromatic rings. The number of halogens is 2. The highest BCUT2D eigenvalue weighted by Crippen LogP contribution is 2.25. The van der Waals surface area contributed by atoms with E-state index in [9.17, 15) is 8.42 Å². The van der Waals surface area contributed by atoms with Crippen LogP contribution in [0.2, 0.25) is 5.02 Å². The van der Waals surface area contributed by atoms with E-state index in [-0.39, 0.29) is 5.75 Å². The third-order valence-corrected chi connectivity index (χ3v) is 3.38. The van der Waals surface area contributed by atoms with E-state index < -0.39 is 9.05 Å². The second-order valence-corrected chi connectivity index (χ2v) is 6.38. The Morgan fingerprint density at radius 3 is 2.73 bits per heavy atom. The van der Waals surface area contributed by atoms with Crippen molar-refractivity contribution in [2.75, 3.05) is 0 Å². The van der Waals surface area contributed by atoms with Crippen LogP contribution in [0.5, 0.6) is 0 Å². The molecule has 1 N–H and O–H groups in total. The lowest BCUT2D eigenvalue weighted by molar-refractivity contribution is 0.609. The van der Waals surface area contributed by atoms with Crippen LogP contribution < -0.4 is 0 Å². The van der Waals surface area contributed by atoms with E-state index in [2.05, 4.69) is 4.98 Å². The van der Waals surface area contributed by atoms with Gasteiger partial charge in [0.2, 0.25) is 9.05 Å². The Bertz CT molecular complexity index is 604. The van der Waals surface area contributed by atoms with E-state index in [4.69, 9.17) is 22.3 Å². The molecule has 1 aromatic carbocycles. The molecule has 0 unspecified atom stereocenters. The Labute approximate surface area is 96.4 Å². The van der Waals surface area contributed by atoms with Crippen molar-refractivity contribution in [1.82, 2.24) is 4.98 Å². The minimum absolute atomic E-state index is 0.262. The van der Waals surface area contributed by atoms with Crippen LogP contribution in [0.1, 0.15) is 5.56 Å². The smallest absolute Gasteiger partial charge is 0.236 e. The Morgan fingerprint density at radius 1 is 1.33 bits per heavy atom. The van der Waals surface area contributed by atoms with E-state index in [1.807, 2.05) is 6.07 Å². The number of nitrogens with one attached hydrogen (secondary N) is 1. The van der Waals surface area contributed by atoms with Crippen molar-refractivity contribution in [3.8, 4) is 0 Å². The summed E-state index contributed by atoms with van der Waals surface area (Å²) in [6.45, 7) is 0. The number of rotatable bonds is 2. The largest absolute Gasteiger partial charge is 0.361 e. The van der Waals surface area contributed by atoms with Gasteiger partial charge in [-0.15, -0.1) is 0 Å². The zero-order valence-electron chi connectivity index (χ0n) is 7.50. The highest BCUT2D eigenvalue weighted by molar-refractivity contribution is 8.13. The maximum absolute atomic E-state index is 10.9. The fraction of sp³-hybridized carbons (Fsp3) is 0.111. The van der Waals surface area contributed by atoms with Crippen molar-refractivity contribution in [2.45, 2.75) is 5.75 Å². The molecule has 3 nitrogen and oxygen atoms in total. The van der Waals surface area contributed by atoms with Gasteiger partial charge < -0.3 is 4.98 Å². The first kappa shape index (κ1) is 10.8. The number of aromatic nitrogens is 1. The highest BCUT2D eigenvalue weighted by atomic mass is 35.7. The van der Waals surface area contributed by atoms with Crippen LogP contribution >= 0.6 is 22.3 Å². The molecule has 0 saturated heterocycles. The molecule has 0 amide bonds. The first-order chi connectivity index (χ1) is 6.96. The molecule has 0 bridgehead atoms. The quantitative estimate of drug-likeness (QED) is 0.848. The Balaban J connectivity index is 2.55. The number of hydrogen-bond donors (Lipinski definition) is 1. The molecule has 0 aliphatic carbocycles. The van der Waals surface area contributed by atoms with Crippen LogP contribution in [0.25, 0.3) is 10.9 Å². The van der Waals surface area contributed by atoms with Crippen molar-refractivity contribution in [3.05, 3.63) is 35.0 Å². The molecular formula is C9H7Cl2NO2S. The molecule has 0 aliphatic rings. The molecule has 6 heteroatoms. The van der Waals surface area contributed by atoms with E-state index in [1.165, 1.54) is 0 Å². The molecule has 15 heavy (non-hydrogen) atoms. The molecule has 1 heterocycles. The molecule has 80 valence electrons. The molecular weight excluding hydrogens is 257 g/mol. The zero-order chi connectivity index (χ0) is 11.1. The minimum atomic E-state index is -3.58. The fourth-order valence-corrected chi connectivity index (χ4v) is 2.70. The Kier molecular flexibility index (Phi) is 2.66. The SMILES string of the molecule is O=S(=O)(Cl)Cc1cc2[nH]ccc2cc1Cl. The predicted octanol–water partition coefficient (Wildman–Crippen LogP) is 2.89. The summed E-state index contributed by atoms with van der Waals surface area (Å²) in [6.07, 6.45) is 1.76. The van der Waals surface area contributed by atoms with Crippen LogP contribution in [-0.2, 0) is 14.8 Å². The van der Waals surface area contributed by atoms with Crippen LogP contribution in [0.4, 0.5) is 0 Å². The standard InChI is InChI=1S/C9H7Cl2NO2S/c10-8-3-6-1-2-12-9(6)4-7(8)5-15(11,13)14/h1-4,12H,5H2. The van der Waals surface area contributed by atoms with Crippen molar-refractivity contribution >= 4 is 42.2 Å². The highest BCUT2D eigenvalue weighted by Gasteiger charge is 2.11. The van der Waals surface area contributed by atoms with Crippen molar-refractivity contribution in [1.29, 1.82) is 0 Å². The number of benzene rings is 1. The molecule has 0 saturated carbocycles. The summed E-state index contributed by atoms with van der Waals surface area (Å²) in [6, 6.07) is 5.27. The summed E-state index contributed by atoms with van der Waals surface area (Å²) < 4.78 is 21.8. The molecule has 2 rings (SSSR count). The average molecular weight is 264 g/mol. The summed E-state index contributed by atoms with van der Waals surface area (Å²) in [7, 11) is 1.59. The van der Waals surface area contributed by atoms with Gasteiger partial charge in [-0.2, -0.15) is 0 Å². The van der Waals surface area contributed by atoms with Crippen LogP contribution in [0.3, 0.4) is 0 Å². The number of hydrogen-bond acceptors (Lipinski definition) is 2. The third kappa shape index (κ3) is 2.45. The van der Waals surface area contributed by atoms with Gasteiger partial charge >= 0.3 is 0 Å². The summed E-state index contributed by atoms with van der Waals surface area (Å²) in [4.78, 5) is 2.98. The number of aromatic amines is 1. The summed E-state index contributed by atoms with van der Waals surface area (Å²) in [5.41, 5.74) is 1.34. The first-order valence-corrected chi connectivity index (χ1v) is 6.99.